The van der Waals surface area contributed by atoms with Crippen molar-refractivity contribution >= 4 is 29.0 Å². The van der Waals surface area contributed by atoms with Gasteiger partial charge in [0.1, 0.15) is 0 Å². The Balaban J connectivity index is 1.94. The Morgan fingerprint density at radius 1 is 1.76 bits per heavy atom. The average Bonchev–Trinajstić information content (AvgIpc) is 2.98. The van der Waals surface area contributed by atoms with Gasteiger partial charge in [0.25, 0.3) is 5.91 Å². The fourth-order valence-corrected chi connectivity index (χ4v) is 3.81. The van der Waals surface area contributed by atoms with E-state index in [4.69, 9.17) is 5.84 Å². The van der Waals surface area contributed by atoms with Crippen molar-refractivity contribution in [1.29, 1.82) is 0 Å². The molecular formula is C10H16N4OS2. The fourth-order valence-electron chi connectivity index (χ4n) is 1.80. The van der Waals surface area contributed by atoms with Crippen molar-refractivity contribution in [2.45, 2.75) is 19.0 Å². The Labute approximate surface area is 109 Å². The molecule has 1 unspecified atom stereocenters. The van der Waals surface area contributed by atoms with E-state index in [0.717, 1.165) is 12.2 Å². The molecule has 1 aromatic heterocycles. The summed E-state index contributed by atoms with van der Waals surface area (Å²) >= 11 is 3.33. The van der Waals surface area contributed by atoms with Gasteiger partial charge < -0.3 is 0 Å². The molecule has 1 atom stereocenters. The van der Waals surface area contributed by atoms with Gasteiger partial charge in [-0.15, -0.1) is 11.3 Å². The monoisotopic (exact) mass is 272 g/mol. The molecule has 5 nitrogen and oxygen atoms in total. The highest BCUT2D eigenvalue weighted by molar-refractivity contribution is 7.99. The van der Waals surface area contributed by atoms with Gasteiger partial charge in [-0.3, -0.25) is 15.1 Å². The maximum absolute atomic E-state index is 11.3. The number of rotatable bonds is 4. The summed E-state index contributed by atoms with van der Waals surface area (Å²) in [6.45, 7) is 0.791. The van der Waals surface area contributed by atoms with E-state index in [2.05, 4.69) is 22.4 Å². The summed E-state index contributed by atoms with van der Waals surface area (Å²) in [6, 6.07) is 0.633. The van der Waals surface area contributed by atoms with Crippen molar-refractivity contribution in [1.82, 2.24) is 15.3 Å². The molecule has 1 fully saturated rings. The number of thiazole rings is 1. The third-order valence-corrected chi connectivity index (χ3v) is 4.85. The lowest BCUT2D eigenvalue weighted by Gasteiger charge is -2.22. The second-order valence-electron chi connectivity index (χ2n) is 4.05. The van der Waals surface area contributed by atoms with E-state index in [-0.39, 0.29) is 5.91 Å². The molecule has 3 N–H and O–H groups in total. The van der Waals surface area contributed by atoms with Crippen LogP contribution in [0, 0.1) is 0 Å². The summed E-state index contributed by atoms with van der Waals surface area (Å²) in [4.78, 5) is 17.8. The predicted octanol–water partition coefficient (Wildman–Crippen LogP) is 0.684. The summed E-state index contributed by atoms with van der Waals surface area (Å²) < 4.78 is 0. The highest BCUT2D eigenvalue weighted by Gasteiger charge is 2.21. The van der Waals surface area contributed by atoms with Gasteiger partial charge in [-0.1, -0.05) is 0 Å². The number of nitrogens with two attached hydrogens (primary N) is 1. The SMILES string of the molecule is CN(Cc1csc(C(=O)NN)n1)C1CCSC1. The van der Waals surface area contributed by atoms with Crippen LogP contribution < -0.4 is 11.3 Å². The standard InChI is InChI=1S/C10H16N4OS2/c1-14(8-2-3-16-6-8)4-7-5-17-10(12-7)9(15)13-11/h5,8H,2-4,6,11H2,1H3,(H,13,15). The lowest BCUT2D eigenvalue weighted by atomic mass is 10.2. The number of aromatic nitrogens is 1. The van der Waals surface area contributed by atoms with Crippen LogP contribution in [0.15, 0.2) is 5.38 Å². The van der Waals surface area contributed by atoms with E-state index in [1.54, 1.807) is 0 Å². The summed E-state index contributed by atoms with van der Waals surface area (Å²) in [5.74, 6) is 7.18. The van der Waals surface area contributed by atoms with Gasteiger partial charge in [0.05, 0.1) is 5.69 Å². The van der Waals surface area contributed by atoms with E-state index in [1.165, 1.54) is 29.3 Å². The zero-order valence-electron chi connectivity index (χ0n) is 9.68. The third-order valence-electron chi connectivity index (χ3n) is 2.82. The van der Waals surface area contributed by atoms with Crippen LogP contribution in [0.5, 0.6) is 0 Å². The average molecular weight is 272 g/mol. The van der Waals surface area contributed by atoms with Crippen LogP contribution in [-0.4, -0.2) is 40.4 Å². The van der Waals surface area contributed by atoms with Crippen molar-refractivity contribution in [3.8, 4) is 0 Å². The molecule has 0 saturated carbocycles. The first-order valence-electron chi connectivity index (χ1n) is 5.44. The maximum atomic E-state index is 11.3. The predicted molar refractivity (Wildman–Crippen MR) is 71.0 cm³/mol. The second kappa shape index (κ2) is 5.81. The largest absolute Gasteiger partial charge is 0.297 e. The number of nitrogen functional groups attached to an aromatic ring is 1. The van der Waals surface area contributed by atoms with Gasteiger partial charge in [-0.25, -0.2) is 10.8 Å². The molecule has 94 valence electrons. The van der Waals surface area contributed by atoms with Crippen LogP contribution in [0.25, 0.3) is 0 Å². The Morgan fingerprint density at radius 3 is 3.24 bits per heavy atom. The van der Waals surface area contributed by atoms with Crippen molar-refractivity contribution in [2.75, 3.05) is 18.6 Å². The quantitative estimate of drug-likeness (QED) is 0.479. The molecular weight excluding hydrogens is 256 g/mol. The molecule has 1 aliphatic heterocycles. The normalized spacial score (nSPS) is 19.8. The summed E-state index contributed by atoms with van der Waals surface area (Å²) in [6.07, 6.45) is 1.24. The lowest BCUT2D eigenvalue weighted by Crippen LogP contribution is -2.31. The van der Waals surface area contributed by atoms with E-state index in [1.807, 2.05) is 17.1 Å². The van der Waals surface area contributed by atoms with Crippen LogP contribution in [0.3, 0.4) is 0 Å². The molecule has 1 aliphatic rings. The van der Waals surface area contributed by atoms with Crippen LogP contribution in [-0.2, 0) is 6.54 Å². The van der Waals surface area contributed by atoms with Crippen molar-refractivity contribution in [2.24, 2.45) is 5.84 Å². The molecule has 2 rings (SSSR count). The van der Waals surface area contributed by atoms with Crippen LogP contribution in [0.1, 0.15) is 21.9 Å². The Hall–Kier alpha value is -0.630. The topological polar surface area (TPSA) is 71.2 Å². The second-order valence-corrected chi connectivity index (χ2v) is 6.06. The van der Waals surface area contributed by atoms with Gasteiger partial charge >= 0.3 is 0 Å². The first-order valence-corrected chi connectivity index (χ1v) is 7.47. The van der Waals surface area contributed by atoms with Crippen LogP contribution >= 0.6 is 23.1 Å². The van der Waals surface area contributed by atoms with E-state index >= 15 is 0 Å². The number of hydrogen-bond donors (Lipinski definition) is 2. The minimum atomic E-state index is -0.319. The van der Waals surface area contributed by atoms with E-state index in [0.29, 0.717) is 11.0 Å². The van der Waals surface area contributed by atoms with Crippen molar-refractivity contribution in [3.63, 3.8) is 0 Å². The Bertz CT molecular complexity index is 389. The maximum Gasteiger partial charge on any atom is 0.294 e. The van der Waals surface area contributed by atoms with Gasteiger partial charge in [0.2, 0.25) is 0 Å². The van der Waals surface area contributed by atoms with Gasteiger partial charge in [-0.2, -0.15) is 11.8 Å². The van der Waals surface area contributed by atoms with Gasteiger partial charge in [0.15, 0.2) is 5.01 Å². The number of amides is 1. The van der Waals surface area contributed by atoms with E-state index < -0.39 is 0 Å². The molecule has 7 heteroatoms. The van der Waals surface area contributed by atoms with Gasteiger partial charge in [-0.05, 0) is 19.2 Å². The number of nitrogens with zero attached hydrogens (tertiary/aromatic N) is 2. The third kappa shape index (κ3) is 3.19. The zero-order valence-corrected chi connectivity index (χ0v) is 11.3. The molecule has 2 heterocycles. The number of thioether (sulfide) groups is 1. The number of hydrogen-bond acceptors (Lipinski definition) is 6. The molecule has 0 aliphatic carbocycles. The summed E-state index contributed by atoms with van der Waals surface area (Å²) in [7, 11) is 2.11. The van der Waals surface area contributed by atoms with Crippen molar-refractivity contribution < 1.29 is 4.79 Å². The summed E-state index contributed by atoms with van der Waals surface area (Å²) in [5, 5.41) is 2.35. The molecule has 1 aromatic rings. The van der Waals surface area contributed by atoms with Crippen LogP contribution in [0.2, 0.25) is 0 Å². The molecule has 17 heavy (non-hydrogen) atoms. The highest BCUT2D eigenvalue weighted by atomic mass is 32.2. The lowest BCUT2D eigenvalue weighted by molar-refractivity contribution is 0.0953. The molecule has 1 amide bonds. The van der Waals surface area contributed by atoms with Crippen LogP contribution in [0.4, 0.5) is 0 Å². The molecule has 0 bridgehead atoms. The highest BCUT2D eigenvalue weighted by Crippen LogP contribution is 2.22. The number of carbonyl (C=O) groups is 1. The smallest absolute Gasteiger partial charge is 0.294 e. The van der Waals surface area contributed by atoms with E-state index in [9.17, 15) is 4.79 Å². The Morgan fingerprint density at radius 2 is 2.59 bits per heavy atom. The fraction of sp³-hybridized carbons (Fsp3) is 0.600. The first kappa shape index (κ1) is 12.8. The number of nitrogens with one attached hydrogen (secondary N) is 1. The Kier molecular flexibility index (Phi) is 4.38. The minimum Gasteiger partial charge on any atom is -0.297 e. The first-order chi connectivity index (χ1) is 8.20. The van der Waals surface area contributed by atoms with Crippen molar-refractivity contribution in [3.05, 3.63) is 16.1 Å². The summed E-state index contributed by atoms with van der Waals surface area (Å²) in [5.41, 5.74) is 3.03. The number of hydrazine groups is 1. The number of carbonyl (C=O) groups excluding carboxylic acids is 1. The molecule has 0 radical (unpaired) electrons. The molecule has 0 aromatic carbocycles. The minimum absolute atomic E-state index is 0.319. The molecule has 1 saturated heterocycles. The zero-order chi connectivity index (χ0) is 12.3. The molecule has 0 spiro atoms. The van der Waals surface area contributed by atoms with Gasteiger partial charge in [0, 0.05) is 23.7 Å².